The first-order valence-corrected chi connectivity index (χ1v) is 9.35. The number of ether oxygens (including phenoxy) is 2. The van der Waals surface area contributed by atoms with Crippen LogP contribution in [0.5, 0.6) is 5.75 Å². The van der Waals surface area contributed by atoms with Gasteiger partial charge in [-0.15, -0.1) is 11.8 Å². The molecule has 2 rings (SSSR count). The Labute approximate surface area is 158 Å². The molecule has 0 unspecified atom stereocenters. The predicted molar refractivity (Wildman–Crippen MR) is 103 cm³/mol. The van der Waals surface area contributed by atoms with E-state index < -0.39 is 5.97 Å². The number of likely N-dealkylation sites (N-methyl/N-ethyl adjacent to an activating group) is 1. The van der Waals surface area contributed by atoms with Crippen LogP contribution in [0.2, 0.25) is 0 Å². The number of thioether (sulfide) groups is 1. The van der Waals surface area contributed by atoms with Crippen LogP contribution >= 0.6 is 11.8 Å². The molecule has 0 heterocycles. The molecule has 5 nitrogen and oxygen atoms in total. The second-order valence-corrected chi connectivity index (χ2v) is 6.76. The number of amides is 1. The van der Waals surface area contributed by atoms with E-state index in [-0.39, 0.29) is 12.5 Å². The van der Waals surface area contributed by atoms with Crippen LogP contribution in [0.3, 0.4) is 0 Å². The number of hydrogen-bond acceptors (Lipinski definition) is 5. The van der Waals surface area contributed by atoms with Crippen molar-refractivity contribution in [3.63, 3.8) is 0 Å². The first-order chi connectivity index (χ1) is 12.4. The van der Waals surface area contributed by atoms with Gasteiger partial charge in [-0.2, -0.15) is 0 Å². The lowest BCUT2D eigenvalue weighted by Crippen LogP contribution is -2.30. The lowest BCUT2D eigenvalue weighted by atomic mass is 10.1. The minimum atomic E-state index is -0.577. The van der Waals surface area contributed by atoms with Gasteiger partial charge < -0.3 is 14.4 Å². The molecule has 0 N–H and O–H groups in total. The summed E-state index contributed by atoms with van der Waals surface area (Å²) in [6.45, 7) is 2.16. The van der Waals surface area contributed by atoms with Crippen molar-refractivity contribution < 1.29 is 19.1 Å². The van der Waals surface area contributed by atoms with E-state index in [1.165, 1.54) is 12.0 Å². The SMILES string of the molecule is COc1cc(SC)ccc1C(=O)OCC(=O)N(C)Cc1ccc(C)cc1. The first-order valence-electron chi connectivity index (χ1n) is 8.13. The number of esters is 1. The highest BCUT2D eigenvalue weighted by molar-refractivity contribution is 7.98. The van der Waals surface area contributed by atoms with Crippen molar-refractivity contribution in [2.75, 3.05) is 27.0 Å². The summed E-state index contributed by atoms with van der Waals surface area (Å²) in [7, 11) is 3.18. The molecular weight excluding hydrogens is 350 g/mol. The normalized spacial score (nSPS) is 10.3. The predicted octanol–water partition coefficient (Wildman–Crippen LogP) is 3.54. The summed E-state index contributed by atoms with van der Waals surface area (Å²) in [5, 5.41) is 0. The van der Waals surface area contributed by atoms with Gasteiger partial charge in [0.05, 0.1) is 7.11 Å². The fraction of sp³-hybridized carbons (Fsp3) is 0.300. The van der Waals surface area contributed by atoms with Gasteiger partial charge in [0.2, 0.25) is 0 Å². The Kier molecular flexibility index (Phi) is 7.09. The molecule has 0 saturated carbocycles. The molecule has 0 spiro atoms. The van der Waals surface area contributed by atoms with E-state index in [0.29, 0.717) is 17.9 Å². The number of methoxy groups -OCH3 is 1. The van der Waals surface area contributed by atoms with Crippen LogP contribution in [-0.4, -0.2) is 43.8 Å². The van der Waals surface area contributed by atoms with E-state index in [2.05, 4.69) is 0 Å². The average molecular weight is 373 g/mol. The molecule has 0 aliphatic heterocycles. The summed E-state index contributed by atoms with van der Waals surface area (Å²) >= 11 is 1.55. The summed E-state index contributed by atoms with van der Waals surface area (Å²) in [4.78, 5) is 27.0. The maximum Gasteiger partial charge on any atom is 0.342 e. The highest BCUT2D eigenvalue weighted by Crippen LogP contribution is 2.25. The Hall–Kier alpha value is -2.47. The maximum absolute atomic E-state index is 12.3. The third kappa shape index (κ3) is 5.26. The molecule has 138 valence electrons. The molecule has 0 atom stereocenters. The van der Waals surface area contributed by atoms with Crippen molar-refractivity contribution in [3.05, 3.63) is 59.2 Å². The van der Waals surface area contributed by atoms with Gasteiger partial charge in [-0.3, -0.25) is 4.79 Å². The highest BCUT2D eigenvalue weighted by atomic mass is 32.2. The zero-order chi connectivity index (χ0) is 19.1. The van der Waals surface area contributed by atoms with Crippen LogP contribution in [0.1, 0.15) is 21.5 Å². The van der Waals surface area contributed by atoms with Gasteiger partial charge in [-0.05, 0) is 36.9 Å². The lowest BCUT2D eigenvalue weighted by molar-refractivity contribution is -0.133. The second-order valence-electron chi connectivity index (χ2n) is 5.88. The van der Waals surface area contributed by atoms with Gasteiger partial charge in [0.25, 0.3) is 5.91 Å². The topological polar surface area (TPSA) is 55.8 Å². The Bertz CT molecular complexity index is 774. The number of benzene rings is 2. The van der Waals surface area contributed by atoms with Crippen LogP contribution in [0.25, 0.3) is 0 Å². The number of carbonyl (C=O) groups is 2. The smallest absolute Gasteiger partial charge is 0.342 e. The van der Waals surface area contributed by atoms with E-state index in [9.17, 15) is 9.59 Å². The fourth-order valence-corrected chi connectivity index (χ4v) is 2.77. The molecule has 0 fully saturated rings. The Morgan fingerprint density at radius 3 is 2.42 bits per heavy atom. The zero-order valence-corrected chi connectivity index (χ0v) is 16.3. The van der Waals surface area contributed by atoms with E-state index in [1.807, 2.05) is 43.5 Å². The van der Waals surface area contributed by atoms with E-state index in [4.69, 9.17) is 9.47 Å². The molecule has 6 heteroatoms. The van der Waals surface area contributed by atoms with Gasteiger partial charge in [-0.1, -0.05) is 29.8 Å². The summed E-state index contributed by atoms with van der Waals surface area (Å²) in [6, 6.07) is 13.2. The fourth-order valence-electron chi connectivity index (χ4n) is 2.34. The number of aryl methyl sites for hydroxylation is 1. The molecule has 1 amide bonds. The standard InChI is InChI=1S/C20H23NO4S/c1-14-5-7-15(8-6-14)12-21(2)19(22)13-25-20(23)17-10-9-16(26-4)11-18(17)24-3/h5-11H,12-13H2,1-4H3. The van der Waals surface area contributed by atoms with E-state index in [0.717, 1.165) is 16.0 Å². The number of rotatable bonds is 7. The van der Waals surface area contributed by atoms with Crippen molar-refractivity contribution >= 4 is 23.6 Å². The van der Waals surface area contributed by atoms with Gasteiger partial charge in [0.1, 0.15) is 11.3 Å². The molecule has 26 heavy (non-hydrogen) atoms. The van der Waals surface area contributed by atoms with Crippen molar-refractivity contribution in [1.29, 1.82) is 0 Å². The number of nitrogens with zero attached hydrogens (tertiary/aromatic N) is 1. The number of carbonyl (C=O) groups excluding carboxylic acids is 2. The van der Waals surface area contributed by atoms with E-state index in [1.54, 1.807) is 30.9 Å². The first kappa shape index (κ1) is 19.8. The maximum atomic E-state index is 12.3. The monoisotopic (exact) mass is 373 g/mol. The second kappa shape index (κ2) is 9.29. The molecule has 0 aliphatic rings. The highest BCUT2D eigenvalue weighted by Gasteiger charge is 2.17. The quantitative estimate of drug-likeness (QED) is 0.549. The largest absolute Gasteiger partial charge is 0.496 e. The lowest BCUT2D eigenvalue weighted by Gasteiger charge is -2.17. The molecule has 0 bridgehead atoms. The van der Waals surface area contributed by atoms with Crippen molar-refractivity contribution in [3.8, 4) is 5.75 Å². The van der Waals surface area contributed by atoms with Gasteiger partial charge in [-0.25, -0.2) is 4.79 Å². The Morgan fingerprint density at radius 2 is 1.81 bits per heavy atom. The molecule has 0 saturated heterocycles. The minimum Gasteiger partial charge on any atom is -0.496 e. The third-order valence-corrected chi connectivity index (χ3v) is 4.65. The number of hydrogen-bond donors (Lipinski definition) is 0. The molecule has 0 aromatic heterocycles. The van der Waals surface area contributed by atoms with Crippen LogP contribution in [0.15, 0.2) is 47.4 Å². The zero-order valence-electron chi connectivity index (χ0n) is 15.4. The van der Waals surface area contributed by atoms with Crippen LogP contribution in [0.4, 0.5) is 0 Å². The Balaban J connectivity index is 1.93. The molecule has 0 radical (unpaired) electrons. The summed E-state index contributed by atoms with van der Waals surface area (Å²) < 4.78 is 10.4. The van der Waals surface area contributed by atoms with Gasteiger partial charge in [0, 0.05) is 18.5 Å². The van der Waals surface area contributed by atoms with Crippen LogP contribution in [0, 0.1) is 6.92 Å². The Morgan fingerprint density at radius 1 is 1.12 bits per heavy atom. The average Bonchev–Trinajstić information content (AvgIpc) is 2.66. The van der Waals surface area contributed by atoms with Crippen LogP contribution in [-0.2, 0) is 16.1 Å². The third-order valence-electron chi connectivity index (χ3n) is 3.92. The van der Waals surface area contributed by atoms with Gasteiger partial charge >= 0.3 is 5.97 Å². The van der Waals surface area contributed by atoms with Crippen molar-refractivity contribution in [2.45, 2.75) is 18.4 Å². The summed E-state index contributed by atoms with van der Waals surface area (Å²) in [5.41, 5.74) is 2.49. The molecule has 2 aromatic rings. The van der Waals surface area contributed by atoms with Crippen LogP contribution < -0.4 is 4.74 Å². The molecular formula is C20H23NO4S. The molecule has 0 aliphatic carbocycles. The molecule has 2 aromatic carbocycles. The minimum absolute atomic E-state index is 0.265. The van der Waals surface area contributed by atoms with Gasteiger partial charge in [0.15, 0.2) is 6.61 Å². The summed E-state index contributed by atoms with van der Waals surface area (Å²) in [6.07, 6.45) is 1.94. The van der Waals surface area contributed by atoms with E-state index >= 15 is 0 Å². The summed E-state index contributed by atoms with van der Waals surface area (Å²) in [5.74, 6) is -0.410. The van der Waals surface area contributed by atoms with Crippen molar-refractivity contribution in [2.24, 2.45) is 0 Å². The van der Waals surface area contributed by atoms with Crippen molar-refractivity contribution in [1.82, 2.24) is 4.90 Å².